The smallest absolute Gasteiger partial charge is 0.161 e. The van der Waals surface area contributed by atoms with Gasteiger partial charge in [-0.1, -0.05) is 36.4 Å². The Morgan fingerprint density at radius 1 is 1.04 bits per heavy atom. The molecule has 0 saturated carbocycles. The Hall–Kier alpha value is -3.54. The summed E-state index contributed by atoms with van der Waals surface area (Å²) in [6, 6.07) is 18.0. The second-order valence-corrected chi connectivity index (χ2v) is 6.51. The van der Waals surface area contributed by atoms with Crippen LogP contribution < -0.4 is 14.8 Å². The standard InChI is InChI=1S/C22H22N4O2/c1-15(26-22-18-10-11-23-21(18)24-14-25-22)17-8-9-19(20(12-17)27-2)28-13-16-6-4-3-5-7-16/h3-12,14-15H,13H2,1-2H3,(H2,23,24,25,26). The Morgan fingerprint density at radius 3 is 2.71 bits per heavy atom. The second kappa shape index (κ2) is 8.00. The van der Waals surface area contributed by atoms with Crippen LogP contribution in [-0.4, -0.2) is 22.1 Å². The molecule has 2 aromatic carbocycles. The van der Waals surface area contributed by atoms with Gasteiger partial charge in [-0.3, -0.25) is 0 Å². The third-order valence-corrected chi connectivity index (χ3v) is 4.63. The molecule has 2 N–H and O–H groups in total. The van der Waals surface area contributed by atoms with Gasteiger partial charge in [0.25, 0.3) is 0 Å². The van der Waals surface area contributed by atoms with Crippen molar-refractivity contribution in [2.24, 2.45) is 0 Å². The van der Waals surface area contributed by atoms with Gasteiger partial charge in [-0.05, 0) is 36.2 Å². The third-order valence-electron chi connectivity index (χ3n) is 4.63. The van der Waals surface area contributed by atoms with E-state index < -0.39 is 0 Å². The summed E-state index contributed by atoms with van der Waals surface area (Å²) in [6.07, 6.45) is 3.41. The van der Waals surface area contributed by atoms with Crippen LogP contribution in [-0.2, 0) is 6.61 Å². The van der Waals surface area contributed by atoms with Crippen LogP contribution in [0.15, 0.2) is 67.1 Å². The van der Waals surface area contributed by atoms with Gasteiger partial charge in [0.2, 0.25) is 0 Å². The van der Waals surface area contributed by atoms with Crippen molar-refractivity contribution in [1.82, 2.24) is 15.0 Å². The van der Waals surface area contributed by atoms with Gasteiger partial charge in [0.1, 0.15) is 24.4 Å². The van der Waals surface area contributed by atoms with E-state index in [4.69, 9.17) is 9.47 Å². The van der Waals surface area contributed by atoms with Crippen molar-refractivity contribution in [3.05, 3.63) is 78.2 Å². The minimum Gasteiger partial charge on any atom is -0.493 e. The summed E-state index contributed by atoms with van der Waals surface area (Å²) in [5, 5.41) is 4.41. The molecule has 142 valence electrons. The molecule has 0 fully saturated rings. The number of benzene rings is 2. The molecule has 4 rings (SSSR count). The predicted molar refractivity (Wildman–Crippen MR) is 110 cm³/mol. The van der Waals surface area contributed by atoms with Gasteiger partial charge in [-0.25, -0.2) is 9.97 Å². The lowest BCUT2D eigenvalue weighted by Crippen LogP contribution is -2.09. The Kier molecular flexibility index (Phi) is 5.10. The van der Waals surface area contributed by atoms with E-state index in [2.05, 4.69) is 27.2 Å². The van der Waals surface area contributed by atoms with Crippen molar-refractivity contribution in [2.45, 2.75) is 19.6 Å². The highest BCUT2D eigenvalue weighted by Crippen LogP contribution is 2.32. The van der Waals surface area contributed by atoms with Crippen molar-refractivity contribution in [3.63, 3.8) is 0 Å². The monoisotopic (exact) mass is 374 g/mol. The van der Waals surface area contributed by atoms with Crippen LogP contribution in [0.25, 0.3) is 11.0 Å². The minimum absolute atomic E-state index is 0.0325. The molecule has 0 radical (unpaired) electrons. The molecule has 6 nitrogen and oxygen atoms in total. The van der Waals surface area contributed by atoms with Crippen LogP contribution in [0.4, 0.5) is 5.82 Å². The van der Waals surface area contributed by atoms with Crippen LogP contribution in [0.1, 0.15) is 24.1 Å². The van der Waals surface area contributed by atoms with Crippen molar-refractivity contribution in [1.29, 1.82) is 0 Å². The van der Waals surface area contributed by atoms with Crippen LogP contribution in [0, 0.1) is 0 Å². The molecule has 1 atom stereocenters. The molecule has 0 saturated heterocycles. The van der Waals surface area contributed by atoms with Crippen molar-refractivity contribution >= 4 is 16.9 Å². The molecule has 1 unspecified atom stereocenters. The number of H-pyrrole nitrogens is 1. The average Bonchev–Trinajstić information content (AvgIpc) is 3.23. The molecule has 2 aromatic heterocycles. The zero-order chi connectivity index (χ0) is 19.3. The highest BCUT2D eigenvalue weighted by atomic mass is 16.5. The first kappa shape index (κ1) is 17.9. The summed E-state index contributed by atoms with van der Waals surface area (Å²) in [6.45, 7) is 2.58. The molecular weight excluding hydrogens is 352 g/mol. The Labute approximate surface area is 163 Å². The topological polar surface area (TPSA) is 72.1 Å². The lowest BCUT2D eigenvalue weighted by Gasteiger charge is -2.18. The second-order valence-electron chi connectivity index (χ2n) is 6.51. The van der Waals surface area contributed by atoms with Gasteiger partial charge < -0.3 is 19.8 Å². The fourth-order valence-corrected chi connectivity index (χ4v) is 3.08. The highest BCUT2D eigenvalue weighted by Gasteiger charge is 2.13. The number of fused-ring (bicyclic) bond motifs is 1. The predicted octanol–water partition coefficient (Wildman–Crippen LogP) is 4.72. The summed E-state index contributed by atoms with van der Waals surface area (Å²) >= 11 is 0. The van der Waals surface area contributed by atoms with Gasteiger partial charge in [-0.15, -0.1) is 0 Å². The number of rotatable bonds is 7. The van der Waals surface area contributed by atoms with E-state index in [1.807, 2.05) is 60.8 Å². The maximum absolute atomic E-state index is 5.94. The number of ether oxygens (including phenoxy) is 2. The van der Waals surface area contributed by atoms with E-state index in [1.54, 1.807) is 13.4 Å². The van der Waals surface area contributed by atoms with E-state index in [0.29, 0.717) is 12.4 Å². The van der Waals surface area contributed by atoms with E-state index in [9.17, 15) is 0 Å². The van der Waals surface area contributed by atoms with E-state index in [-0.39, 0.29) is 6.04 Å². The van der Waals surface area contributed by atoms with Gasteiger partial charge >= 0.3 is 0 Å². The SMILES string of the molecule is COc1cc(C(C)Nc2ncnc3[nH]ccc23)ccc1OCc1ccccc1. The summed E-state index contributed by atoms with van der Waals surface area (Å²) in [4.78, 5) is 11.7. The van der Waals surface area contributed by atoms with Crippen molar-refractivity contribution in [2.75, 3.05) is 12.4 Å². The molecule has 0 amide bonds. The minimum atomic E-state index is 0.0325. The van der Waals surface area contributed by atoms with Crippen molar-refractivity contribution < 1.29 is 9.47 Å². The first-order chi connectivity index (χ1) is 13.7. The first-order valence-corrected chi connectivity index (χ1v) is 9.14. The van der Waals surface area contributed by atoms with Crippen LogP contribution in [0.2, 0.25) is 0 Å². The third kappa shape index (κ3) is 3.76. The number of hydrogen-bond acceptors (Lipinski definition) is 5. The summed E-state index contributed by atoms with van der Waals surface area (Å²) in [5.41, 5.74) is 3.00. The van der Waals surface area contributed by atoms with E-state index >= 15 is 0 Å². The lowest BCUT2D eigenvalue weighted by atomic mass is 10.1. The first-order valence-electron chi connectivity index (χ1n) is 9.14. The molecule has 28 heavy (non-hydrogen) atoms. The molecule has 0 spiro atoms. The van der Waals surface area contributed by atoms with Gasteiger partial charge in [-0.2, -0.15) is 0 Å². The fraction of sp³-hybridized carbons (Fsp3) is 0.182. The number of nitrogens with zero attached hydrogens (tertiary/aromatic N) is 2. The molecule has 0 bridgehead atoms. The van der Waals surface area contributed by atoms with Gasteiger partial charge in [0, 0.05) is 6.20 Å². The Bertz CT molecular complexity index is 1060. The number of aromatic amines is 1. The van der Waals surface area contributed by atoms with E-state index in [0.717, 1.165) is 33.7 Å². The molecule has 0 aliphatic rings. The number of hydrogen-bond donors (Lipinski definition) is 2. The van der Waals surface area contributed by atoms with Crippen LogP contribution in [0.3, 0.4) is 0 Å². The largest absolute Gasteiger partial charge is 0.493 e. The molecule has 6 heteroatoms. The zero-order valence-corrected chi connectivity index (χ0v) is 15.8. The zero-order valence-electron chi connectivity index (χ0n) is 15.8. The normalized spacial score (nSPS) is 11.9. The van der Waals surface area contributed by atoms with Crippen LogP contribution in [0.5, 0.6) is 11.5 Å². The highest BCUT2D eigenvalue weighted by molar-refractivity contribution is 5.86. The van der Waals surface area contributed by atoms with Gasteiger partial charge in [0.15, 0.2) is 11.5 Å². The van der Waals surface area contributed by atoms with Crippen molar-refractivity contribution in [3.8, 4) is 11.5 Å². The quantitative estimate of drug-likeness (QED) is 0.490. The summed E-state index contributed by atoms with van der Waals surface area (Å²) in [7, 11) is 1.65. The molecule has 0 aliphatic heterocycles. The summed E-state index contributed by atoms with van der Waals surface area (Å²) < 4.78 is 11.5. The number of nitrogens with one attached hydrogen (secondary N) is 2. The van der Waals surface area contributed by atoms with Gasteiger partial charge in [0.05, 0.1) is 18.5 Å². The molecular formula is C22H22N4O2. The number of methoxy groups -OCH3 is 1. The molecule has 4 aromatic rings. The maximum atomic E-state index is 5.94. The number of aromatic nitrogens is 3. The number of anilines is 1. The average molecular weight is 374 g/mol. The Morgan fingerprint density at radius 2 is 1.89 bits per heavy atom. The molecule has 0 aliphatic carbocycles. The fourth-order valence-electron chi connectivity index (χ4n) is 3.08. The van der Waals surface area contributed by atoms with Crippen LogP contribution >= 0.6 is 0 Å². The maximum Gasteiger partial charge on any atom is 0.161 e. The summed E-state index contributed by atoms with van der Waals surface area (Å²) in [5.74, 6) is 2.22. The molecule has 2 heterocycles. The lowest BCUT2D eigenvalue weighted by molar-refractivity contribution is 0.284. The Balaban J connectivity index is 1.50. The van der Waals surface area contributed by atoms with E-state index in [1.165, 1.54) is 0 Å².